The van der Waals surface area contributed by atoms with Crippen molar-refractivity contribution in [3.63, 3.8) is 0 Å². The average Bonchev–Trinajstić information content (AvgIpc) is 3.19. The van der Waals surface area contributed by atoms with E-state index in [0.29, 0.717) is 31.5 Å². The maximum absolute atomic E-state index is 14.0. The van der Waals surface area contributed by atoms with Crippen LogP contribution in [0.2, 0.25) is 18.1 Å². The number of hydrogen-bond acceptors (Lipinski definition) is 4. The van der Waals surface area contributed by atoms with Gasteiger partial charge in [0.1, 0.15) is 17.2 Å². The Hall–Kier alpha value is -2.23. The van der Waals surface area contributed by atoms with Gasteiger partial charge in [0, 0.05) is 50.8 Å². The maximum atomic E-state index is 14.0. The Morgan fingerprint density at radius 3 is 2.36 bits per heavy atom. The molecular formula is C27H41FN4O3Si. The number of likely N-dealkylation sites (tertiary alicyclic amines) is 2. The number of carbonyl (C=O) groups is 1. The van der Waals surface area contributed by atoms with E-state index in [9.17, 15) is 14.3 Å². The Balaban J connectivity index is 1.78. The Kier molecular flexibility index (Phi) is 7.38. The van der Waals surface area contributed by atoms with Crippen molar-refractivity contribution in [2.24, 2.45) is 0 Å². The maximum Gasteiger partial charge on any atom is 0.407 e. The molecule has 3 heterocycles. The summed E-state index contributed by atoms with van der Waals surface area (Å²) in [5.74, 6) is 0.643. The van der Waals surface area contributed by atoms with Crippen LogP contribution >= 0.6 is 0 Å². The van der Waals surface area contributed by atoms with Gasteiger partial charge >= 0.3 is 6.09 Å². The summed E-state index contributed by atoms with van der Waals surface area (Å²) in [4.78, 5) is 20.8. The zero-order valence-electron chi connectivity index (χ0n) is 22.6. The molecule has 198 valence electrons. The van der Waals surface area contributed by atoms with E-state index in [2.05, 4.69) is 49.5 Å². The Morgan fingerprint density at radius 2 is 1.83 bits per heavy atom. The van der Waals surface area contributed by atoms with E-state index in [1.807, 2.05) is 6.07 Å². The summed E-state index contributed by atoms with van der Waals surface area (Å²) in [7, 11) is -2.23. The van der Waals surface area contributed by atoms with Crippen LogP contribution in [-0.2, 0) is 16.6 Å². The minimum absolute atomic E-state index is 0.00408. The molecule has 0 saturated carbocycles. The normalized spacial score (nSPS) is 18.8. The van der Waals surface area contributed by atoms with E-state index >= 15 is 0 Å². The molecule has 2 aliphatic heterocycles. The van der Waals surface area contributed by atoms with Gasteiger partial charge in [0.25, 0.3) is 0 Å². The molecule has 1 amide bonds. The van der Waals surface area contributed by atoms with Gasteiger partial charge in [0.05, 0.1) is 5.69 Å². The molecule has 0 spiro atoms. The van der Waals surface area contributed by atoms with Gasteiger partial charge in [0.15, 0.2) is 8.32 Å². The van der Waals surface area contributed by atoms with Crippen LogP contribution in [0.25, 0.3) is 11.3 Å². The van der Waals surface area contributed by atoms with Crippen LogP contribution in [0.5, 0.6) is 0 Å². The number of piperidine rings is 1. The standard InChI is InChI=1S/C27H41FN4O3Si/c1-20-18-21(8-9-22(20)28)23-19-32(17-16-30-12-7-13-30)24(29-23)27(35-36(5,6)26(2,3)4)10-14-31(15-11-27)25(33)34/h8-9,18-19H,7,10-17H2,1-6H3,(H,33,34). The van der Waals surface area contributed by atoms with Crippen molar-refractivity contribution in [3.05, 3.63) is 41.6 Å². The fourth-order valence-corrected chi connectivity index (χ4v) is 6.40. The monoisotopic (exact) mass is 516 g/mol. The third-order valence-corrected chi connectivity index (χ3v) is 12.9. The smallest absolute Gasteiger partial charge is 0.407 e. The Labute approximate surface area is 215 Å². The second-order valence-electron chi connectivity index (χ2n) is 11.9. The van der Waals surface area contributed by atoms with Crippen LogP contribution in [0.3, 0.4) is 0 Å². The number of rotatable bonds is 7. The molecule has 2 aromatic rings. The third kappa shape index (κ3) is 5.38. The van der Waals surface area contributed by atoms with Crippen molar-refractivity contribution in [1.82, 2.24) is 19.4 Å². The minimum atomic E-state index is -2.23. The quantitative estimate of drug-likeness (QED) is 0.479. The lowest BCUT2D eigenvalue weighted by Crippen LogP contribution is -2.54. The molecule has 0 bridgehead atoms. The van der Waals surface area contributed by atoms with Crippen LogP contribution in [0.1, 0.15) is 51.4 Å². The number of carboxylic acid groups (broad SMARTS) is 1. The van der Waals surface area contributed by atoms with Gasteiger partial charge in [-0.15, -0.1) is 0 Å². The number of amides is 1. The van der Waals surface area contributed by atoms with Crippen LogP contribution in [-0.4, -0.2) is 71.6 Å². The first-order chi connectivity index (χ1) is 16.8. The van der Waals surface area contributed by atoms with Gasteiger partial charge < -0.3 is 23.9 Å². The van der Waals surface area contributed by atoms with E-state index in [4.69, 9.17) is 9.41 Å². The molecule has 7 nitrogen and oxygen atoms in total. The zero-order valence-corrected chi connectivity index (χ0v) is 23.6. The minimum Gasteiger partial charge on any atom is -0.465 e. The number of aryl methyl sites for hydroxylation is 1. The predicted molar refractivity (Wildman–Crippen MR) is 142 cm³/mol. The summed E-state index contributed by atoms with van der Waals surface area (Å²) in [6.45, 7) is 17.7. The zero-order chi connectivity index (χ0) is 26.3. The molecule has 2 fully saturated rings. The van der Waals surface area contributed by atoms with Crippen molar-refractivity contribution in [2.45, 2.75) is 77.2 Å². The van der Waals surface area contributed by atoms with Crippen LogP contribution < -0.4 is 0 Å². The highest BCUT2D eigenvalue weighted by molar-refractivity contribution is 6.74. The molecule has 2 saturated heterocycles. The van der Waals surface area contributed by atoms with Crippen molar-refractivity contribution in [1.29, 1.82) is 0 Å². The predicted octanol–water partition coefficient (Wildman–Crippen LogP) is 5.69. The number of halogens is 1. The van der Waals surface area contributed by atoms with Crippen molar-refractivity contribution in [2.75, 3.05) is 32.7 Å². The number of aromatic nitrogens is 2. The lowest BCUT2D eigenvalue weighted by Gasteiger charge is -2.48. The SMILES string of the molecule is Cc1cc(-c2cn(CCN3CCC3)c(C3(O[Si](C)(C)C(C)(C)C)CCN(C(=O)O)CC3)n2)ccc1F. The van der Waals surface area contributed by atoms with Crippen LogP contribution in [0.4, 0.5) is 9.18 Å². The molecule has 2 aliphatic rings. The first-order valence-corrected chi connectivity index (χ1v) is 16.0. The summed E-state index contributed by atoms with van der Waals surface area (Å²) in [5.41, 5.74) is 1.60. The van der Waals surface area contributed by atoms with E-state index in [1.54, 1.807) is 13.0 Å². The molecule has 4 rings (SSSR count). The Bertz CT molecular complexity index is 1100. The molecule has 1 N–H and O–H groups in total. The van der Waals surface area contributed by atoms with Crippen LogP contribution in [0.15, 0.2) is 24.4 Å². The lowest BCUT2D eigenvalue weighted by atomic mass is 9.90. The highest BCUT2D eigenvalue weighted by Gasteiger charge is 2.49. The van der Waals surface area contributed by atoms with Gasteiger partial charge in [-0.05, 0) is 68.3 Å². The van der Waals surface area contributed by atoms with E-state index in [-0.39, 0.29) is 10.9 Å². The largest absolute Gasteiger partial charge is 0.465 e. The van der Waals surface area contributed by atoms with Gasteiger partial charge in [-0.3, -0.25) is 0 Å². The number of benzene rings is 1. The molecule has 9 heteroatoms. The van der Waals surface area contributed by atoms with E-state index in [1.165, 1.54) is 17.4 Å². The Morgan fingerprint density at radius 1 is 1.17 bits per heavy atom. The van der Waals surface area contributed by atoms with Gasteiger partial charge in [-0.25, -0.2) is 14.2 Å². The molecule has 0 unspecified atom stereocenters. The fraction of sp³-hybridized carbons (Fsp3) is 0.630. The van der Waals surface area contributed by atoms with E-state index in [0.717, 1.165) is 43.3 Å². The fourth-order valence-electron chi connectivity index (χ4n) is 4.82. The number of hydrogen-bond donors (Lipinski definition) is 1. The molecule has 36 heavy (non-hydrogen) atoms. The summed E-state index contributed by atoms with van der Waals surface area (Å²) in [5, 5.41) is 9.61. The first kappa shape index (κ1) is 26.8. The van der Waals surface area contributed by atoms with E-state index < -0.39 is 20.0 Å². The second kappa shape index (κ2) is 9.91. The molecule has 0 aliphatic carbocycles. The summed E-state index contributed by atoms with van der Waals surface area (Å²) in [6, 6.07) is 5.12. The first-order valence-electron chi connectivity index (χ1n) is 13.1. The summed E-state index contributed by atoms with van der Waals surface area (Å²) in [6.07, 6.45) is 3.55. The molecule has 1 aromatic carbocycles. The van der Waals surface area contributed by atoms with Crippen LogP contribution in [0, 0.1) is 12.7 Å². The third-order valence-electron chi connectivity index (χ3n) is 8.34. The highest BCUT2D eigenvalue weighted by Crippen LogP contribution is 2.46. The van der Waals surface area contributed by atoms with Gasteiger partial charge in [-0.1, -0.05) is 20.8 Å². The topological polar surface area (TPSA) is 70.8 Å². The summed E-state index contributed by atoms with van der Waals surface area (Å²) < 4.78 is 23.4. The molecule has 0 radical (unpaired) electrons. The highest BCUT2D eigenvalue weighted by atomic mass is 28.4. The number of imidazole rings is 1. The van der Waals surface area contributed by atoms with Gasteiger partial charge in [0.2, 0.25) is 0 Å². The summed E-state index contributed by atoms with van der Waals surface area (Å²) >= 11 is 0. The second-order valence-corrected chi connectivity index (χ2v) is 16.7. The van der Waals surface area contributed by atoms with Gasteiger partial charge in [-0.2, -0.15) is 0 Å². The molecule has 0 atom stereocenters. The van der Waals surface area contributed by atoms with Crippen molar-refractivity contribution >= 4 is 14.4 Å². The van der Waals surface area contributed by atoms with Crippen molar-refractivity contribution in [3.8, 4) is 11.3 Å². The average molecular weight is 517 g/mol. The van der Waals surface area contributed by atoms with Crippen molar-refractivity contribution < 1.29 is 18.7 Å². The lowest BCUT2D eigenvalue weighted by molar-refractivity contribution is -0.0198. The molecular weight excluding hydrogens is 475 g/mol. The number of nitrogens with zero attached hydrogens (tertiary/aromatic N) is 4. The molecule has 1 aromatic heterocycles.